The van der Waals surface area contributed by atoms with Gasteiger partial charge >= 0.3 is 0 Å². The maximum Gasteiger partial charge on any atom is 0.270 e. The molecule has 0 spiro atoms. The van der Waals surface area contributed by atoms with Crippen LogP contribution in [0.15, 0.2) is 36.4 Å². The van der Waals surface area contributed by atoms with E-state index in [2.05, 4.69) is 0 Å². The van der Waals surface area contributed by atoms with Gasteiger partial charge in [0.1, 0.15) is 29.8 Å². The van der Waals surface area contributed by atoms with Gasteiger partial charge < -0.3 is 4.74 Å². The van der Waals surface area contributed by atoms with E-state index < -0.39 is 10.7 Å². The largest absolute Gasteiger partial charge is 0.487 e. The fourth-order valence-corrected chi connectivity index (χ4v) is 1.88. The zero-order valence-corrected chi connectivity index (χ0v) is 11.3. The molecule has 0 aromatic heterocycles. The number of rotatable bonds is 4. The first kappa shape index (κ1) is 14.8. The highest BCUT2D eigenvalue weighted by Crippen LogP contribution is 2.26. The van der Waals surface area contributed by atoms with E-state index in [1.165, 1.54) is 30.3 Å². The summed E-state index contributed by atoms with van der Waals surface area (Å²) in [5.41, 5.74) is 0.165. The van der Waals surface area contributed by atoms with Crippen molar-refractivity contribution in [2.75, 3.05) is 0 Å². The van der Waals surface area contributed by atoms with Gasteiger partial charge in [-0.1, -0.05) is 17.7 Å². The minimum Gasteiger partial charge on any atom is -0.487 e. The van der Waals surface area contributed by atoms with Crippen LogP contribution in [0, 0.1) is 27.3 Å². The summed E-state index contributed by atoms with van der Waals surface area (Å²) in [4.78, 5) is 10.0. The lowest BCUT2D eigenvalue weighted by Gasteiger charge is -2.09. The Labute approximate surface area is 124 Å². The summed E-state index contributed by atoms with van der Waals surface area (Å²) < 4.78 is 18.8. The molecular formula is C14H8ClFN2O3. The molecule has 0 bridgehead atoms. The zero-order chi connectivity index (χ0) is 15.4. The molecule has 0 heterocycles. The fraction of sp³-hybridized carbons (Fsp3) is 0.0714. The van der Waals surface area contributed by atoms with Crippen molar-refractivity contribution in [2.45, 2.75) is 6.61 Å². The molecule has 0 saturated heterocycles. The molecule has 0 fully saturated rings. The number of halogens is 2. The second kappa shape index (κ2) is 6.20. The van der Waals surface area contributed by atoms with Crippen molar-refractivity contribution in [3.8, 4) is 11.8 Å². The van der Waals surface area contributed by atoms with Crippen LogP contribution in [-0.2, 0) is 6.61 Å². The third kappa shape index (κ3) is 3.27. The molecule has 0 saturated carbocycles. The summed E-state index contributed by atoms with van der Waals surface area (Å²) in [6.07, 6.45) is 0. The summed E-state index contributed by atoms with van der Waals surface area (Å²) in [5.74, 6) is -0.586. The minimum absolute atomic E-state index is 0.0328. The van der Waals surface area contributed by atoms with Crippen LogP contribution in [0.5, 0.6) is 5.75 Å². The Balaban J connectivity index is 2.20. The van der Waals surface area contributed by atoms with E-state index in [9.17, 15) is 14.5 Å². The summed E-state index contributed by atoms with van der Waals surface area (Å²) >= 11 is 5.92. The zero-order valence-electron chi connectivity index (χ0n) is 10.5. The van der Waals surface area contributed by atoms with Crippen LogP contribution in [0.25, 0.3) is 0 Å². The van der Waals surface area contributed by atoms with Crippen LogP contribution in [0.4, 0.5) is 10.1 Å². The van der Waals surface area contributed by atoms with Gasteiger partial charge in [-0.15, -0.1) is 0 Å². The number of benzene rings is 2. The van der Waals surface area contributed by atoms with Crippen LogP contribution in [-0.4, -0.2) is 4.92 Å². The predicted molar refractivity (Wildman–Crippen MR) is 73.6 cm³/mol. The van der Waals surface area contributed by atoms with Crippen LogP contribution in [0.2, 0.25) is 5.02 Å². The van der Waals surface area contributed by atoms with Crippen molar-refractivity contribution in [3.63, 3.8) is 0 Å². The highest BCUT2D eigenvalue weighted by Gasteiger charge is 2.12. The molecule has 0 unspecified atom stereocenters. The quantitative estimate of drug-likeness (QED) is 0.635. The molecule has 0 radical (unpaired) electrons. The Kier molecular flexibility index (Phi) is 4.36. The summed E-state index contributed by atoms with van der Waals surface area (Å²) in [7, 11) is 0. The highest BCUT2D eigenvalue weighted by molar-refractivity contribution is 6.31. The standard InChI is InChI=1S/C14H8ClFN2O3/c15-12-6-10(18(19)20)5-4-9(12)8-21-14-3-1-2-13(16)11(14)7-17/h1-6H,8H2. The second-order valence-corrected chi connectivity index (χ2v) is 4.45. The van der Waals surface area contributed by atoms with Gasteiger partial charge in [-0.2, -0.15) is 5.26 Å². The summed E-state index contributed by atoms with van der Waals surface area (Å²) in [6.45, 7) is -0.0328. The van der Waals surface area contributed by atoms with Gasteiger partial charge in [-0.05, 0) is 18.2 Å². The first-order valence-electron chi connectivity index (χ1n) is 5.77. The molecule has 2 aromatic carbocycles. The third-order valence-corrected chi connectivity index (χ3v) is 3.07. The first-order chi connectivity index (χ1) is 10.0. The van der Waals surface area contributed by atoms with Gasteiger partial charge in [-0.25, -0.2) is 4.39 Å². The maximum atomic E-state index is 13.4. The molecule has 2 aromatic rings. The van der Waals surface area contributed by atoms with E-state index in [-0.39, 0.29) is 28.6 Å². The molecule has 2 rings (SSSR count). The average molecular weight is 307 g/mol. The fourth-order valence-electron chi connectivity index (χ4n) is 1.66. The topological polar surface area (TPSA) is 76.2 Å². The second-order valence-electron chi connectivity index (χ2n) is 4.05. The van der Waals surface area contributed by atoms with E-state index in [0.29, 0.717) is 5.56 Å². The SMILES string of the molecule is N#Cc1c(F)cccc1OCc1ccc([N+](=O)[O-])cc1Cl. The Bertz CT molecular complexity index is 743. The number of non-ortho nitro benzene ring substituents is 1. The molecule has 7 heteroatoms. The smallest absolute Gasteiger partial charge is 0.270 e. The number of nitro groups is 1. The lowest BCUT2D eigenvalue weighted by Crippen LogP contribution is -2.00. The molecule has 0 atom stereocenters. The van der Waals surface area contributed by atoms with E-state index >= 15 is 0 Å². The van der Waals surface area contributed by atoms with Crippen LogP contribution in [0.1, 0.15) is 11.1 Å². The third-order valence-electron chi connectivity index (χ3n) is 2.72. The van der Waals surface area contributed by atoms with Crippen molar-refractivity contribution in [1.82, 2.24) is 0 Å². The van der Waals surface area contributed by atoms with Gasteiger partial charge in [0.15, 0.2) is 0 Å². The lowest BCUT2D eigenvalue weighted by molar-refractivity contribution is -0.384. The van der Waals surface area contributed by atoms with E-state index in [1.807, 2.05) is 0 Å². The molecule has 0 aliphatic rings. The van der Waals surface area contributed by atoms with Crippen LogP contribution in [0.3, 0.4) is 0 Å². The summed E-state index contributed by atoms with van der Waals surface area (Å²) in [6, 6.07) is 9.70. The molecule has 0 amide bonds. The van der Waals surface area contributed by atoms with Gasteiger partial charge in [0, 0.05) is 17.7 Å². The Morgan fingerprint density at radius 3 is 2.76 bits per heavy atom. The Hall–Kier alpha value is -2.65. The number of nitro benzene ring substituents is 1. The number of nitriles is 1. The highest BCUT2D eigenvalue weighted by atomic mass is 35.5. The van der Waals surface area contributed by atoms with Gasteiger partial charge in [-0.3, -0.25) is 10.1 Å². The number of ether oxygens (including phenoxy) is 1. The number of hydrogen-bond acceptors (Lipinski definition) is 4. The van der Waals surface area contributed by atoms with Gasteiger partial charge in [0.25, 0.3) is 5.69 Å². The monoisotopic (exact) mass is 306 g/mol. The van der Waals surface area contributed by atoms with Crippen molar-refractivity contribution in [3.05, 3.63) is 68.5 Å². The minimum atomic E-state index is -0.676. The lowest BCUT2D eigenvalue weighted by atomic mass is 10.2. The van der Waals surface area contributed by atoms with Crippen molar-refractivity contribution in [2.24, 2.45) is 0 Å². The molecule has 106 valence electrons. The van der Waals surface area contributed by atoms with Crippen molar-refractivity contribution < 1.29 is 14.1 Å². The van der Waals surface area contributed by atoms with Gasteiger partial charge in [0.2, 0.25) is 0 Å². The molecule has 5 nitrogen and oxygen atoms in total. The molecule has 21 heavy (non-hydrogen) atoms. The molecular weight excluding hydrogens is 299 g/mol. The summed E-state index contributed by atoms with van der Waals surface area (Å²) in [5, 5.41) is 19.6. The first-order valence-corrected chi connectivity index (χ1v) is 6.15. The van der Waals surface area contributed by atoms with Crippen molar-refractivity contribution in [1.29, 1.82) is 5.26 Å². The van der Waals surface area contributed by atoms with Crippen molar-refractivity contribution >= 4 is 17.3 Å². The number of nitrogens with zero attached hydrogens (tertiary/aromatic N) is 2. The maximum absolute atomic E-state index is 13.4. The van der Waals surface area contributed by atoms with E-state index in [0.717, 1.165) is 6.07 Å². The van der Waals surface area contributed by atoms with Crippen LogP contribution >= 0.6 is 11.6 Å². The molecule has 0 N–H and O–H groups in total. The Morgan fingerprint density at radius 2 is 2.14 bits per heavy atom. The number of hydrogen-bond donors (Lipinski definition) is 0. The van der Waals surface area contributed by atoms with E-state index in [4.69, 9.17) is 21.6 Å². The van der Waals surface area contributed by atoms with Gasteiger partial charge in [0.05, 0.1) is 9.95 Å². The molecule has 0 aliphatic heterocycles. The predicted octanol–water partition coefficient (Wildman–Crippen LogP) is 3.84. The average Bonchev–Trinajstić information content (AvgIpc) is 2.45. The Morgan fingerprint density at radius 1 is 1.38 bits per heavy atom. The van der Waals surface area contributed by atoms with Crippen LogP contribution < -0.4 is 4.74 Å². The van der Waals surface area contributed by atoms with E-state index in [1.54, 1.807) is 6.07 Å². The normalized spacial score (nSPS) is 9.95. The molecule has 0 aliphatic carbocycles.